The van der Waals surface area contributed by atoms with E-state index in [1.165, 1.54) is 4.90 Å². The Morgan fingerprint density at radius 1 is 1.27 bits per heavy atom. The second kappa shape index (κ2) is 4.98. The molecule has 0 spiro atoms. The van der Waals surface area contributed by atoms with Gasteiger partial charge >= 0.3 is 5.97 Å². The largest absolute Gasteiger partial charge is 0.480 e. The summed E-state index contributed by atoms with van der Waals surface area (Å²) in [4.78, 5) is 37.0. The minimum absolute atomic E-state index is 0.221. The van der Waals surface area contributed by atoms with Crippen LogP contribution >= 0.6 is 0 Å². The first-order chi connectivity index (χ1) is 10.4. The monoisotopic (exact) mass is 300 g/mol. The normalized spacial score (nSPS) is 18.6. The lowest BCUT2D eigenvalue weighted by Crippen LogP contribution is -2.60. The Balaban J connectivity index is 1.72. The first-order valence-corrected chi connectivity index (χ1v) is 7.09. The smallest absolute Gasteiger partial charge is 0.329 e. The standard InChI is InChI=1S/C16H16N2O4/c1-10-11-5-2-3-6-12(11)14(20)18(10)9-13(19)17-16(15(21)22)7-4-8-16/h2-3,5-6H,1,4,7-9H2,(H,17,19)(H,21,22). The number of hydrogen-bond acceptors (Lipinski definition) is 3. The molecule has 3 rings (SSSR count). The number of fused-ring (bicyclic) bond motifs is 1. The number of aliphatic carboxylic acids is 1. The van der Waals surface area contributed by atoms with Gasteiger partial charge in [-0.1, -0.05) is 24.8 Å². The van der Waals surface area contributed by atoms with Crippen LogP contribution in [0.4, 0.5) is 0 Å². The molecule has 1 aliphatic heterocycles. The highest BCUT2D eigenvalue weighted by Gasteiger charge is 2.46. The molecule has 1 saturated carbocycles. The average molecular weight is 300 g/mol. The molecule has 2 aliphatic rings. The molecule has 1 aromatic rings. The average Bonchev–Trinajstić information content (AvgIpc) is 2.68. The van der Waals surface area contributed by atoms with Crippen LogP contribution in [0, 0.1) is 0 Å². The number of nitrogens with zero attached hydrogens (tertiary/aromatic N) is 1. The maximum Gasteiger partial charge on any atom is 0.329 e. The molecule has 0 saturated heterocycles. The number of nitrogens with one attached hydrogen (secondary N) is 1. The van der Waals surface area contributed by atoms with E-state index in [0.29, 0.717) is 29.7 Å². The summed E-state index contributed by atoms with van der Waals surface area (Å²) in [5.74, 6) is -1.79. The second-order valence-corrected chi connectivity index (χ2v) is 5.67. The van der Waals surface area contributed by atoms with Crippen LogP contribution in [0.15, 0.2) is 30.8 Å². The molecule has 1 fully saturated rings. The van der Waals surface area contributed by atoms with Gasteiger partial charge in [-0.3, -0.25) is 14.5 Å². The summed E-state index contributed by atoms with van der Waals surface area (Å²) < 4.78 is 0. The summed E-state index contributed by atoms with van der Waals surface area (Å²) in [7, 11) is 0. The zero-order valence-electron chi connectivity index (χ0n) is 12.0. The summed E-state index contributed by atoms with van der Waals surface area (Å²) in [6, 6.07) is 7.01. The van der Waals surface area contributed by atoms with Crippen molar-refractivity contribution < 1.29 is 19.5 Å². The van der Waals surface area contributed by atoms with E-state index in [2.05, 4.69) is 11.9 Å². The molecule has 0 radical (unpaired) electrons. The number of rotatable bonds is 4. The molecule has 0 aromatic heterocycles. The van der Waals surface area contributed by atoms with E-state index >= 15 is 0 Å². The Morgan fingerprint density at radius 2 is 1.91 bits per heavy atom. The highest BCUT2D eigenvalue weighted by Crippen LogP contribution is 2.33. The number of amides is 2. The van der Waals surface area contributed by atoms with Gasteiger partial charge in [0.2, 0.25) is 5.91 Å². The second-order valence-electron chi connectivity index (χ2n) is 5.67. The quantitative estimate of drug-likeness (QED) is 0.876. The van der Waals surface area contributed by atoms with Crippen molar-refractivity contribution in [2.24, 2.45) is 0 Å². The molecule has 114 valence electrons. The van der Waals surface area contributed by atoms with Crippen LogP contribution in [-0.4, -0.2) is 39.9 Å². The molecule has 2 N–H and O–H groups in total. The van der Waals surface area contributed by atoms with Gasteiger partial charge < -0.3 is 10.4 Å². The molecular weight excluding hydrogens is 284 g/mol. The van der Waals surface area contributed by atoms with Gasteiger partial charge in [-0.15, -0.1) is 0 Å². The summed E-state index contributed by atoms with van der Waals surface area (Å²) in [5.41, 5.74) is 0.510. The molecule has 1 aromatic carbocycles. The molecule has 0 bridgehead atoms. The minimum Gasteiger partial charge on any atom is -0.480 e. The van der Waals surface area contributed by atoms with Crippen molar-refractivity contribution >= 4 is 23.5 Å². The topological polar surface area (TPSA) is 86.7 Å². The molecule has 0 atom stereocenters. The number of hydrogen-bond donors (Lipinski definition) is 2. The van der Waals surface area contributed by atoms with Gasteiger partial charge in [0.25, 0.3) is 5.91 Å². The predicted molar refractivity (Wildman–Crippen MR) is 78.9 cm³/mol. The zero-order valence-corrected chi connectivity index (χ0v) is 12.0. The maximum absolute atomic E-state index is 12.3. The van der Waals surface area contributed by atoms with Gasteiger partial charge in [0.15, 0.2) is 0 Å². The Morgan fingerprint density at radius 3 is 2.41 bits per heavy atom. The number of carboxylic acids is 1. The van der Waals surface area contributed by atoms with Crippen molar-refractivity contribution in [3.05, 3.63) is 42.0 Å². The van der Waals surface area contributed by atoms with Crippen molar-refractivity contribution in [2.75, 3.05) is 6.54 Å². The van der Waals surface area contributed by atoms with E-state index in [9.17, 15) is 19.5 Å². The van der Waals surface area contributed by atoms with Crippen molar-refractivity contribution in [3.63, 3.8) is 0 Å². The molecule has 1 aliphatic carbocycles. The lowest BCUT2D eigenvalue weighted by atomic mass is 9.77. The molecule has 6 heteroatoms. The Labute approximate surface area is 127 Å². The Hall–Kier alpha value is -2.63. The van der Waals surface area contributed by atoms with Gasteiger partial charge in [-0.2, -0.15) is 0 Å². The molecule has 22 heavy (non-hydrogen) atoms. The zero-order chi connectivity index (χ0) is 15.9. The Kier molecular flexibility index (Phi) is 3.24. The third kappa shape index (κ3) is 2.07. The van der Waals surface area contributed by atoms with Crippen molar-refractivity contribution in [3.8, 4) is 0 Å². The number of benzene rings is 1. The summed E-state index contributed by atoms with van der Waals surface area (Å²) >= 11 is 0. The van der Waals surface area contributed by atoms with Crippen LogP contribution in [-0.2, 0) is 9.59 Å². The summed E-state index contributed by atoms with van der Waals surface area (Å²) in [6.07, 6.45) is 1.61. The fourth-order valence-corrected chi connectivity index (χ4v) is 2.87. The molecule has 6 nitrogen and oxygen atoms in total. The van der Waals surface area contributed by atoms with Crippen LogP contribution in [0.2, 0.25) is 0 Å². The summed E-state index contributed by atoms with van der Waals surface area (Å²) in [6.45, 7) is 3.63. The third-order valence-corrected chi connectivity index (χ3v) is 4.34. The molecular formula is C16H16N2O4. The highest BCUT2D eigenvalue weighted by molar-refractivity contribution is 6.10. The fraction of sp³-hybridized carbons (Fsp3) is 0.312. The van der Waals surface area contributed by atoms with Gasteiger partial charge in [0.1, 0.15) is 12.1 Å². The van der Waals surface area contributed by atoms with E-state index in [4.69, 9.17) is 0 Å². The van der Waals surface area contributed by atoms with E-state index in [-0.39, 0.29) is 12.5 Å². The SMILES string of the molecule is C=C1c2ccccc2C(=O)N1CC(=O)NC1(C(=O)O)CCC1. The molecule has 2 amide bonds. The number of carbonyl (C=O) groups is 3. The van der Waals surface area contributed by atoms with Crippen LogP contribution < -0.4 is 5.32 Å². The van der Waals surface area contributed by atoms with Crippen molar-refractivity contribution in [1.29, 1.82) is 0 Å². The lowest BCUT2D eigenvalue weighted by molar-refractivity contribution is -0.151. The van der Waals surface area contributed by atoms with Gasteiger partial charge in [-0.05, 0) is 25.3 Å². The first kappa shape index (κ1) is 14.3. The van der Waals surface area contributed by atoms with Gasteiger partial charge in [0, 0.05) is 16.8 Å². The molecule has 0 unspecified atom stereocenters. The van der Waals surface area contributed by atoms with Gasteiger partial charge in [0.05, 0.1) is 0 Å². The lowest BCUT2D eigenvalue weighted by Gasteiger charge is -2.38. The van der Waals surface area contributed by atoms with Crippen LogP contribution in [0.1, 0.15) is 35.2 Å². The van der Waals surface area contributed by atoms with Crippen LogP contribution in [0.3, 0.4) is 0 Å². The van der Waals surface area contributed by atoms with E-state index in [0.717, 1.165) is 6.42 Å². The van der Waals surface area contributed by atoms with Crippen molar-refractivity contribution in [2.45, 2.75) is 24.8 Å². The molecule has 1 heterocycles. The van der Waals surface area contributed by atoms with Gasteiger partial charge in [-0.25, -0.2) is 4.79 Å². The third-order valence-electron chi connectivity index (χ3n) is 4.34. The van der Waals surface area contributed by atoms with E-state index < -0.39 is 17.4 Å². The number of carbonyl (C=O) groups excluding carboxylic acids is 2. The fourth-order valence-electron chi connectivity index (χ4n) is 2.87. The Bertz CT molecular complexity index is 656. The van der Waals surface area contributed by atoms with E-state index in [1.54, 1.807) is 24.3 Å². The number of carboxylic acid groups (broad SMARTS) is 1. The predicted octanol–water partition coefficient (Wildman–Crippen LogP) is 1.24. The van der Waals surface area contributed by atoms with E-state index in [1.807, 2.05) is 0 Å². The maximum atomic E-state index is 12.3. The van der Waals surface area contributed by atoms with Crippen LogP contribution in [0.25, 0.3) is 5.70 Å². The van der Waals surface area contributed by atoms with Crippen molar-refractivity contribution in [1.82, 2.24) is 10.2 Å². The first-order valence-electron chi connectivity index (χ1n) is 7.09. The highest BCUT2D eigenvalue weighted by atomic mass is 16.4. The van der Waals surface area contributed by atoms with Crippen LogP contribution in [0.5, 0.6) is 0 Å². The minimum atomic E-state index is -1.17. The summed E-state index contributed by atoms with van der Waals surface area (Å²) in [5, 5.41) is 11.8.